The molecule has 158 valence electrons. The van der Waals surface area contributed by atoms with Crippen LogP contribution in [0.4, 0.5) is 24.7 Å². The van der Waals surface area contributed by atoms with E-state index in [9.17, 15) is 22.8 Å². The van der Waals surface area contributed by atoms with Crippen molar-refractivity contribution in [3.8, 4) is 0 Å². The molecule has 0 radical (unpaired) electrons. The fraction of sp³-hybridized carbons (Fsp3) is 0.100. The summed E-state index contributed by atoms with van der Waals surface area (Å²) in [7, 11) is 0. The lowest BCUT2D eigenvalue weighted by atomic mass is 10.1. The number of hydrogen-bond donors (Lipinski definition) is 2. The molecule has 0 saturated carbocycles. The Kier molecular flexibility index (Phi) is 5.42. The van der Waals surface area contributed by atoms with E-state index in [0.717, 1.165) is 27.4 Å². The first-order valence-corrected chi connectivity index (χ1v) is 9.81. The van der Waals surface area contributed by atoms with Gasteiger partial charge in [0.15, 0.2) is 5.82 Å². The summed E-state index contributed by atoms with van der Waals surface area (Å²) in [6.07, 6.45) is -0.441. The topological polar surface area (TPSA) is 88.4 Å². The molecule has 31 heavy (non-hydrogen) atoms. The number of carbonyl (C=O) groups excluding carboxylic acids is 2. The average molecular weight is 445 g/mol. The van der Waals surface area contributed by atoms with E-state index in [1.807, 2.05) is 0 Å². The second kappa shape index (κ2) is 8.19. The van der Waals surface area contributed by atoms with Gasteiger partial charge in [-0.2, -0.15) is 13.2 Å². The molecular formula is C20H14F3N5O2S. The van der Waals surface area contributed by atoms with E-state index in [4.69, 9.17) is 0 Å². The third-order valence-electron chi connectivity index (χ3n) is 4.33. The zero-order valence-corrected chi connectivity index (χ0v) is 16.5. The molecule has 0 spiro atoms. The smallest absolute Gasteiger partial charge is 0.322 e. The molecule has 0 fully saturated rings. The highest BCUT2D eigenvalue weighted by molar-refractivity contribution is 7.16. The molecule has 4 aromatic rings. The summed E-state index contributed by atoms with van der Waals surface area (Å²) in [6.45, 7) is 0. The molecule has 11 heteroatoms. The summed E-state index contributed by atoms with van der Waals surface area (Å²) in [5, 5.41) is 6.26. The van der Waals surface area contributed by atoms with Crippen molar-refractivity contribution in [1.29, 1.82) is 0 Å². The number of aromatic nitrogens is 3. The molecule has 3 heterocycles. The Hall–Kier alpha value is -3.73. The van der Waals surface area contributed by atoms with Crippen LogP contribution in [0.2, 0.25) is 0 Å². The molecule has 0 aliphatic carbocycles. The van der Waals surface area contributed by atoms with Gasteiger partial charge in [0.1, 0.15) is 16.9 Å². The first-order chi connectivity index (χ1) is 14.8. The molecule has 2 N–H and O–H groups in total. The van der Waals surface area contributed by atoms with Crippen LogP contribution >= 0.6 is 11.3 Å². The third kappa shape index (κ3) is 4.56. The highest BCUT2D eigenvalue weighted by Crippen LogP contribution is 2.34. The van der Waals surface area contributed by atoms with Gasteiger partial charge >= 0.3 is 6.18 Å². The number of hydrogen-bond acceptors (Lipinski definition) is 5. The van der Waals surface area contributed by atoms with Gasteiger partial charge in [-0.25, -0.2) is 4.98 Å². The minimum atomic E-state index is -4.51. The van der Waals surface area contributed by atoms with Crippen LogP contribution in [0.3, 0.4) is 0 Å². The zero-order chi connectivity index (χ0) is 22.0. The van der Waals surface area contributed by atoms with Gasteiger partial charge in [-0.1, -0.05) is 12.1 Å². The Labute approximate surface area is 177 Å². The summed E-state index contributed by atoms with van der Waals surface area (Å²) in [5.74, 6) is -0.631. The predicted octanol–water partition coefficient (Wildman–Crippen LogP) is 4.24. The largest absolute Gasteiger partial charge is 0.432 e. The Balaban J connectivity index is 1.39. The van der Waals surface area contributed by atoms with Crippen molar-refractivity contribution in [2.24, 2.45) is 0 Å². The molecule has 0 aliphatic heterocycles. The van der Waals surface area contributed by atoms with Crippen LogP contribution in [0.5, 0.6) is 0 Å². The monoisotopic (exact) mass is 445 g/mol. The van der Waals surface area contributed by atoms with Crippen LogP contribution in [-0.4, -0.2) is 26.2 Å². The van der Waals surface area contributed by atoms with Crippen LogP contribution in [0.1, 0.15) is 21.6 Å². The first-order valence-electron chi connectivity index (χ1n) is 8.93. The van der Waals surface area contributed by atoms with Gasteiger partial charge in [-0.05, 0) is 29.8 Å². The highest BCUT2D eigenvalue weighted by atomic mass is 32.1. The van der Waals surface area contributed by atoms with Gasteiger partial charge in [0.25, 0.3) is 5.91 Å². The first kappa shape index (κ1) is 20.5. The molecule has 0 bridgehead atoms. The Bertz CT molecular complexity index is 1230. The van der Waals surface area contributed by atoms with Crippen molar-refractivity contribution in [3.63, 3.8) is 0 Å². The molecular weight excluding hydrogens is 431 g/mol. The molecule has 2 amide bonds. The SMILES string of the molecule is O=C(Cc1ccc(NC(=O)c2ccncc2)cc1)Nc1ncn2c(C(F)(F)F)csc12. The quantitative estimate of drug-likeness (QED) is 0.481. The summed E-state index contributed by atoms with van der Waals surface area (Å²) in [6, 6.07) is 9.85. The van der Waals surface area contributed by atoms with Crippen molar-refractivity contribution in [3.05, 3.63) is 77.3 Å². The molecule has 0 unspecified atom stereocenters. The number of anilines is 2. The molecule has 0 atom stereocenters. The number of nitrogens with zero attached hydrogens (tertiary/aromatic N) is 3. The summed E-state index contributed by atoms with van der Waals surface area (Å²) in [5.41, 5.74) is 0.842. The number of halogens is 3. The lowest BCUT2D eigenvalue weighted by molar-refractivity contribution is -0.141. The number of imidazole rings is 1. The maximum atomic E-state index is 13.0. The molecule has 4 rings (SSSR count). The average Bonchev–Trinajstić information content (AvgIpc) is 3.33. The van der Waals surface area contributed by atoms with Crippen LogP contribution in [0, 0.1) is 0 Å². The highest BCUT2D eigenvalue weighted by Gasteiger charge is 2.35. The lowest BCUT2D eigenvalue weighted by Crippen LogP contribution is -2.15. The van der Waals surface area contributed by atoms with E-state index in [0.29, 0.717) is 16.8 Å². The molecule has 0 saturated heterocycles. The zero-order valence-electron chi connectivity index (χ0n) is 15.7. The van der Waals surface area contributed by atoms with Gasteiger partial charge in [-0.15, -0.1) is 11.3 Å². The van der Waals surface area contributed by atoms with Crippen molar-refractivity contribution in [1.82, 2.24) is 14.4 Å². The number of pyridine rings is 1. The summed E-state index contributed by atoms with van der Waals surface area (Å²) < 4.78 is 39.8. The summed E-state index contributed by atoms with van der Waals surface area (Å²) >= 11 is 0.850. The van der Waals surface area contributed by atoms with Gasteiger partial charge in [0.2, 0.25) is 5.91 Å². The van der Waals surface area contributed by atoms with Crippen molar-refractivity contribution in [2.45, 2.75) is 12.6 Å². The van der Waals surface area contributed by atoms with Crippen molar-refractivity contribution < 1.29 is 22.8 Å². The minimum Gasteiger partial charge on any atom is -0.322 e. The number of alkyl halides is 3. The Morgan fingerprint density at radius 3 is 2.42 bits per heavy atom. The van der Waals surface area contributed by atoms with E-state index >= 15 is 0 Å². The van der Waals surface area contributed by atoms with Gasteiger partial charge in [0, 0.05) is 29.0 Å². The minimum absolute atomic E-state index is 0.00486. The van der Waals surface area contributed by atoms with Gasteiger partial charge in [-0.3, -0.25) is 19.0 Å². The van der Waals surface area contributed by atoms with Gasteiger partial charge in [0.05, 0.1) is 6.42 Å². The van der Waals surface area contributed by atoms with Crippen LogP contribution in [0.25, 0.3) is 4.83 Å². The number of nitrogens with one attached hydrogen (secondary N) is 2. The molecule has 1 aromatic carbocycles. The number of benzene rings is 1. The predicted molar refractivity (Wildman–Crippen MR) is 109 cm³/mol. The lowest BCUT2D eigenvalue weighted by Gasteiger charge is -2.07. The number of carbonyl (C=O) groups is 2. The number of amides is 2. The van der Waals surface area contributed by atoms with Crippen LogP contribution in [0.15, 0.2) is 60.5 Å². The fourth-order valence-corrected chi connectivity index (χ4v) is 3.80. The van der Waals surface area contributed by atoms with E-state index in [1.165, 1.54) is 12.4 Å². The maximum Gasteiger partial charge on any atom is 0.432 e. The second-order valence-corrected chi connectivity index (χ2v) is 7.36. The fourth-order valence-electron chi connectivity index (χ4n) is 2.85. The number of thiazole rings is 1. The van der Waals surface area contributed by atoms with Crippen LogP contribution in [-0.2, 0) is 17.4 Å². The van der Waals surface area contributed by atoms with Crippen molar-refractivity contribution in [2.75, 3.05) is 10.6 Å². The van der Waals surface area contributed by atoms with E-state index in [-0.39, 0.29) is 23.0 Å². The normalized spacial score (nSPS) is 11.5. The molecule has 3 aromatic heterocycles. The number of rotatable bonds is 5. The van der Waals surface area contributed by atoms with Crippen molar-refractivity contribution >= 4 is 39.5 Å². The maximum absolute atomic E-state index is 13.0. The van der Waals surface area contributed by atoms with E-state index < -0.39 is 17.8 Å². The van der Waals surface area contributed by atoms with E-state index in [2.05, 4.69) is 20.6 Å². The van der Waals surface area contributed by atoms with E-state index in [1.54, 1.807) is 36.4 Å². The number of fused-ring (bicyclic) bond motifs is 1. The summed E-state index contributed by atoms with van der Waals surface area (Å²) in [4.78, 5) is 32.4. The van der Waals surface area contributed by atoms with Crippen LogP contribution < -0.4 is 10.6 Å². The standard InChI is InChI=1S/C20H14F3N5O2S/c21-20(22,23)15-10-31-19-17(25-11-28(15)19)27-16(29)9-12-1-3-14(4-2-12)26-18(30)13-5-7-24-8-6-13/h1-8,10-11H,9H2,(H,26,30)(H,27,29). The Morgan fingerprint density at radius 2 is 1.74 bits per heavy atom. The second-order valence-electron chi connectivity index (χ2n) is 6.50. The van der Waals surface area contributed by atoms with Gasteiger partial charge < -0.3 is 10.6 Å². The third-order valence-corrected chi connectivity index (χ3v) is 5.29. The Morgan fingerprint density at radius 1 is 1.03 bits per heavy atom. The molecule has 0 aliphatic rings. The molecule has 7 nitrogen and oxygen atoms in total.